The fraction of sp³-hybridized carbons (Fsp3) is 0.364. The maximum atomic E-state index is 11.6. The van der Waals surface area contributed by atoms with Crippen molar-refractivity contribution in [1.82, 2.24) is 4.98 Å². The number of hydrogen-bond donors (Lipinski definition) is 0. The van der Waals surface area contributed by atoms with Gasteiger partial charge in [-0.3, -0.25) is 9.69 Å². The summed E-state index contributed by atoms with van der Waals surface area (Å²) in [6.07, 6.45) is 0.663. The van der Waals surface area contributed by atoms with Crippen LogP contribution in [0.5, 0.6) is 0 Å². The third kappa shape index (κ3) is 2.98. The summed E-state index contributed by atoms with van der Waals surface area (Å²) < 4.78 is 10.7. The molecule has 0 aliphatic carbocycles. The second kappa shape index (κ2) is 5.34. The molecule has 1 saturated heterocycles. The Morgan fingerprint density at radius 1 is 1.67 bits per heavy atom. The largest absolute Gasteiger partial charge is 0.462 e. The van der Waals surface area contributed by atoms with Crippen molar-refractivity contribution in [3.05, 3.63) is 22.8 Å². The van der Waals surface area contributed by atoms with Gasteiger partial charge in [0.2, 0.25) is 0 Å². The Labute approximate surface area is 112 Å². The summed E-state index contributed by atoms with van der Waals surface area (Å²) >= 11 is 3.27. The number of esters is 1. The predicted molar refractivity (Wildman–Crippen MR) is 66.2 cm³/mol. The zero-order chi connectivity index (χ0) is 13.1. The van der Waals surface area contributed by atoms with E-state index < -0.39 is 18.2 Å². The number of cyclic esters (lactones) is 1. The lowest BCUT2D eigenvalue weighted by molar-refractivity contribution is -0.143. The highest BCUT2D eigenvalue weighted by atomic mass is 79.9. The van der Waals surface area contributed by atoms with Crippen LogP contribution in [0.4, 0.5) is 10.6 Å². The van der Waals surface area contributed by atoms with E-state index in [0.29, 0.717) is 12.4 Å². The number of rotatable bonds is 3. The maximum Gasteiger partial charge on any atom is 0.416 e. The van der Waals surface area contributed by atoms with Crippen LogP contribution in [-0.2, 0) is 14.3 Å². The molecule has 0 aromatic carbocycles. The minimum absolute atomic E-state index is 0.0636. The molecule has 0 bridgehead atoms. The standard InChI is InChI=1S/C11H11BrN2O4/c1-7(15)17-6-9-5-14(11(16)18-9)10-3-2-8(12)4-13-10/h2-4,9H,5-6H2,1H3. The van der Waals surface area contributed by atoms with E-state index in [1.54, 1.807) is 18.3 Å². The molecule has 1 aliphatic rings. The summed E-state index contributed by atoms with van der Waals surface area (Å²) in [5.41, 5.74) is 0. The Morgan fingerprint density at radius 3 is 3.06 bits per heavy atom. The molecule has 0 spiro atoms. The number of pyridine rings is 1. The van der Waals surface area contributed by atoms with Gasteiger partial charge in [0.1, 0.15) is 12.4 Å². The van der Waals surface area contributed by atoms with Crippen LogP contribution in [0.3, 0.4) is 0 Å². The topological polar surface area (TPSA) is 68.7 Å². The molecule has 1 amide bonds. The number of anilines is 1. The first-order chi connectivity index (χ1) is 8.56. The van der Waals surface area contributed by atoms with Crippen LogP contribution in [-0.4, -0.2) is 36.3 Å². The molecule has 7 heteroatoms. The fourth-order valence-electron chi connectivity index (χ4n) is 1.53. The van der Waals surface area contributed by atoms with Crippen molar-refractivity contribution in [1.29, 1.82) is 0 Å². The van der Waals surface area contributed by atoms with Gasteiger partial charge in [-0.15, -0.1) is 0 Å². The van der Waals surface area contributed by atoms with E-state index in [2.05, 4.69) is 20.9 Å². The second-order valence-electron chi connectivity index (χ2n) is 3.75. The molecule has 1 unspecified atom stereocenters. The molecule has 6 nitrogen and oxygen atoms in total. The van der Waals surface area contributed by atoms with Gasteiger partial charge in [-0.2, -0.15) is 0 Å². The van der Waals surface area contributed by atoms with Crippen LogP contribution in [0, 0.1) is 0 Å². The average molecular weight is 315 g/mol. The zero-order valence-electron chi connectivity index (χ0n) is 9.63. The van der Waals surface area contributed by atoms with Crippen LogP contribution in [0.2, 0.25) is 0 Å². The van der Waals surface area contributed by atoms with E-state index in [0.717, 1.165) is 4.47 Å². The summed E-state index contributed by atoms with van der Waals surface area (Å²) in [6.45, 7) is 1.69. The Bertz CT molecular complexity index is 463. The molecule has 0 saturated carbocycles. The number of ether oxygens (including phenoxy) is 2. The quantitative estimate of drug-likeness (QED) is 0.795. The Kier molecular flexibility index (Phi) is 3.81. The Hall–Kier alpha value is -1.63. The number of carbonyl (C=O) groups excluding carboxylic acids is 2. The number of halogens is 1. The van der Waals surface area contributed by atoms with Gasteiger partial charge in [-0.1, -0.05) is 0 Å². The number of hydrogen-bond acceptors (Lipinski definition) is 5. The molecule has 1 aromatic rings. The molecule has 2 rings (SSSR count). The molecule has 18 heavy (non-hydrogen) atoms. The number of aromatic nitrogens is 1. The molecule has 0 radical (unpaired) electrons. The first kappa shape index (κ1) is 12.8. The minimum atomic E-state index is -0.484. The third-order valence-corrected chi connectivity index (χ3v) is 2.80. The van der Waals surface area contributed by atoms with Gasteiger partial charge in [-0.05, 0) is 28.1 Å². The lowest BCUT2D eigenvalue weighted by Gasteiger charge is -2.11. The van der Waals surface area contributed by atoms with Gasteiger partial charge in [0.15, 0.2) is 6.10 Å². The lowest BCUT2D eigenvalue weighted by Crippen LogP contribution is -2.27. The molecule has 1 atom stereocenters. The minimum Gasteiger partial charge on any atom is -0.462 e. The van der Waals surface area contributed by atoms with E-state index in [-0.39, 0.29) is 6.61 Å². The van der Waals surface area contributed by atoms with Crippen LogP contribution in [0.15, 0.2) is 22.8 Å². The summed E-state index contributed by atoms with van der Waals surface area (Å²) in [5, 5.41) is 0. The van der Waals surface area contributed by atoms with Crippen LogP contribution >= 0.6 is 15.9 Å². The molecule has 1 aliphatic heterocycles. The highest BCUT2D eigenvalue weighted by Gasteiger charge is 2.33. The molecule has 0 N–H and O–H groups in total. The van der Waals surface area contributed by atoms with Gasteiger partial charge in [0, 0.05) is 17.6 Å². The summed E-state index contributed by atoms with van der Waals surface area (Å²) in [5.74, 6) is 0.111. The van der Waals surface area contributed by atoms with Gasteiger partial charge in [0.25, 0.3) is 0 Å². The number of nitrogens with zero attached hydrogens (tertiary/aromatic N) is 2. The van der Waals surface area contributed by atoms with Crippen molar-refractivity contribution in [2.24, 2.45) is 0 Å². The van der Waals surface area contributed by atoms with Gasteiger partial charge < -0.3 is 9.47 Å². The van der Waals surface area contributed by atoms with Gasteiger partial charge in [0.05, 0.1) is 6.54 Å². The molecular weight excluding hydrogens is 304 g/mol. The number of carbonyl (C=O) groups is 2. The van der Waals surface area contributed by atoms with Crippen LogP contribution in [0.25, 0.3) is 0 Å². The van der Waals surface area contributed by atoms with Gasteiger partial charge >= 0.3 is 12.1 Å². The summed E-state index contributed by atoms with van der Waals surface area (Å²) in [6, 6.07) is 3.49. The molecule has 1 aromatic heterocycles. The van der Waals surface area contributed by atoms with E-state index in [1.165, 1.54) is 11.8 Å². The SMILES string of the molecule is CC(=O)OCC1CN(c2ccc(Br)cn2)C(=O)O1. The fourth-order valence-corrected chi connectivity index (χ4v) is 1.77. The van der Waals surface area contributed by atoms with Crippen molar-refractivity contribution in [3.8, 4) is 0 Å². The first-order valence-electron chi connectivity index (χ1n) is 5.29. The zero-order valence-corrected chi connectivity index (χ0v) is 11.2. The van der Waals surface area contributed by atoms with Crippen molar-refractivity contribution in [3.63, 3.8) is 0 Å². The highest BCUT2D eigenvalue weighted by molar-refractivity contribution is 9.10. The predicted octanol–water partition coefficient (Wildman–Crippen LogP) is 1.73. The van der Waals surface area contributed by atoms with Crippen molar-refractivity contribution < 1.29 is 19.1 Å². The highest BCUT2D eigenvalue weighted by Crippen LogP contribution is 2.21. The molecule has 2 heterocycles. The lowest BCUT2D eigenvalue weighted by atomic mass is 10.3. The molecule has 96 valence electrons. The van der Waals surface area contributed by atoms with Crippen LogP contribution < -0.4 is 4.90 Å². The third-order valence-electron chi connectivity index (χ3n) is 2.33. The van der Waals surface area contributed by atoms with E-state index in [1.807, 2.05) is 0 Å². The molecular formula is C11H11BrN2O4. The smallest absolute Gasteiger partial charge is 0.416 e. The summed E-state index contributed by atoms with van der Waals surface area (Å²) in [7, 11) is 0. The summed E-state index contributed by atoms with van der Waals surface area (Å²) in [4.78, 5) is 27.8. The van der Waals surface area contributed by atoms with E-state index >= 15 is 0 Å². The number of amides is 1. The molecule has 1 fully saturated rings. The average Bonchev–Trinajstić information content (AvgIpc) is 2.69. The Balaban J connectivity index is 2.00. The van der Waals surface area contributed by atoms with Crippen molar-refractivity contribution in [2.45, 2.75) is 13.0 Å². The van der Waals surface area contributed by atoms with E-state index in [4.69, 9.17) is 9.47 Å². The second-order valence-corrected chi connectivity index (χ2v) is 4.67. The first-order valence-corrected chi connectivity index (χ1v) is 6.08. The maximum absolute atomic E-state index is 11.6. The van der Waals surface area contributed by atoms with Crippen LogP contribution in [0.1, 0.15) is 6.92 Å². The van der Waals surface area contributed by atoms with E-state index in [9.17, 15) is 9.59 Å². The Morgan fingerprint density at radius 2 is 2.44 bits per heavy atom. The van der Waals surface area contributed by atoms with Gasteiger partial charge in [-0.25, -0.2) is 9.78 Å². The normalized spacial score (nSPS) is 18.7. The monoisotopic (exact) mass is 314 g/mol. The van der Waals surface area contributed by atoms with Crippen molar-refractivity contribution in [2.75, 3.05) is 18.1 Å². The van der Waals surface area contributed by atoms with Crippen molar-refractivity contribution >= 4 is 33.8 Å².